The molecule has 0 aliphatic carbocycles. The van der Waals surface area contributed by atoms with Crippen LogP contribution in [0, 0.1) is 0 Å². The maximum atomic E-state index is 10.7. The summed E-state index contributed by atoms with van der Waals surface area (Å²) in [5.74, 6) is -0.00878. The van der Waals surface area contributed by atoms with E-state index in [0.717, 1.165) is 5.56 Å². The number of ether oxygens (including phenoxy) is 1. The van der Waals surface area contributed by atoms with Crippen molar-refractivity contribution in [1.29, 1.82) is 0 Å². The maximum absolute atomic E-state index is 10.7. The summed E-state index contributed by atoms with van der Waals surface area (Å²) in [5, 5.41) is 0. The fourth-order valence-corrected chi connectivity index (χ4v) is 1.07. The Morgan fingerprint density at radius 3 is 2.46 bits per heavy atom. The lowest BCUT2D eigenvalue weighted by molar-refractivity contribution is -0.134. The Kier molecular flexibility index (Phi) is 3.53. The lowest BCUT2D eigenvalue weighted by Crippen LogP contribution is -1.97. The molecule has 0 aliphatic heterocycles. The molecule has 0 fully saturated rings. The van der Waals surface area contributed by atoms with Crippen molar-refractivity contribution < 1.29 is 9.53 Å². The average Bonchev–Trinajstić information content (AvgIpc) is 2.15. The van der Waals surface area contributed by atoms with Gasteiger partial charge in [-0.3, -0.25) is 4.79 Å². The first-order valence-corrected chi connectivity index (χ1v) is 4.22. The van der Waals surface area contributed by atoms with Crippen molar-refractivity contribution in [3.8, 4) is 0 Å². The summed E-state index contributed by atoms with van der Waals surface area (Å²) in [7, 11) is 0. The third kappa shape index (κ3) is 2.92. The number of rotatable bonds is 2. The van der Waals surface area contributed by atoms with E-state index in [1.807, 2.05) is 30.3 Å². The van der Waals surface area contributed by atoms with Gasteiger partial charge >= 0.3 is 5.97 Å². The monoisotopic (exact) mass is 196 g/mol. The van der Waals surface area contributed by atoms with Gasteiger partial charge in [-0.05, 0) is 0 Å². The molecule has 0 saturated heterocycles. The Hall–Kier alpha value is -1.28. The molecule has 1 aromatic rings. The molecule has 0 amide bonds. The highest BCUT2D eigenvalue weighted by molar-refractivity contribution is 6.28. The number of halogens is 1. The van der Waals surface area contributed by atoms with E-state index >= 15 is 0 Å². The number of benzene rings is 1. The average molecular weight is 197 g/mol. The second-order valence-electron chi connectivity index (χ2n) is 2.43. The summed E-state index contributed by atoms with van der Waals surface area (Å²) in [5.41, 5.74) is 2.03. The van der Waals surface area contributed by atoms with Gasteiger partial charge in [0.05, 0.1) is 0 Å². The quantitative estimate of drug-likeness (QED) is 0.537. The fourth-order valence-electron chi connectivity index (χ4n) is 0.901. The molecule has 0 heterocycles. The summed E-state index contributed by atoms with van der Waals surface area (Å²) >= 11 is 5.51. The molecular formula is C10H9ClO2. The standard InChI is InChI=1S/C10H9ClO2/c1-8(12)13-10(7-11)9-5-3-2-4-6-9/h2-7H,1H3/b10-7+. The smallest absolute Gasteiger partial charge is 0.308 e. The minimum absolute atomic E-state index is 0.370. The maximum Gasteiger partial charge on any atom is 0.308 e. The van der Waals surface area contributed by atoms with E-state index in [1.165, 1.54) is 12.5 Å². The fraction of sp³-hybridized carbons (Fsp3) is 0.100. The van der Waals surface area contributed by atoms with E-state index in [1.54, 1.807) is 0 Å². The van der Waals surface area contributed by atoms with Gasteiger partial charge in [0.25, 0.3) is 0 Å². The lowest BCUT2D eigenvalue weighted by Gasteiger charge is -2.04. The Balaban J connectivity index is 2.86. The molecule has 0 saturated carbocycles. The highest BCUT2D eigenvalue weighted by atomic mass is 35.5. The Bertz CT molecular complexity index is 317. The number of carbonyl (C=O) groups is 1. The van der Waals surface area contributed by atoms with Crippen LogP contribution >= 0.6 is 11.6 Å². The van der Waals surface area contributed by atoms with Crippen LogP contribution in [0.2, 0.25) is 0 Å². The largest absolute Gasteiger partial charge is 0.425 e. The van der Waals surface area contributed by atoms with Gasteiger partial charge in [-0.15, -0.1) is 0 Å². The topological polar surface area (TPSA) is 26.3 Å². The van der Waals surface area contributed by atoms with E-state index < -0.39 is 0 Å². The summed E-state index contributed by atoms with van der Waals surface area (Å²) < 4.78 is 4.88. The molecule has 0 N–H and O–H groups in total. The molecule has 1 rings (SSSR count). The van der Waals surface area contributed by atoms with E-state index in [-0.39, 0.29) is 5.97 Å². The zero-order valence-corrected chi connectivity index (χ0v) is 7.91. The minimum Gasteiger partial charge on any atom is -0.425 e. The number of carbonyl (C=O) groups excluding carboxylic acids is 1. The number of hydrogen-bond acceptors (Lipinski definition) is 2. The normalized spacial score (nSPS) is 11.1. The van der Waals surface area contributed by atoms with E-state index in [0.29, 0.717) is 5.76 Å². The second-order valence-corrected chi connectivity index (χ2v) is 2.65. The van der Waals surface area contributed by atoms with Crippen LogP contribution in [-0.2, 0) is 9.53 Å². The van der Waals surface area contributed by atoms with Gasteiger partial charge in [0, 0.05) is 18.0 Å². The molecule has 1 aromatic carbocycles. The predicted octanol–water partition coefficient (Wildman–Crippen LogP) is 2.79. The summed E-state index contributed by atoms with van der Waals surface area (Å²) in [6, 6.07) is 9.20. The summed E-state index contributed by atoms with van der Waals surface area (Å²) in [6.45, 7) is 1.34. The van der Waals surface area contributed by atoms with Crippen LogP contribution in [0.3, 0.4) is 0 Å². The molecule has 2 nitrogen and oxygen atoms in total. The number of esters is 1. The lowest BCUT2D eigenvalue weighted by atomic mass is 10.2. The van der Waals surface area contributed by atoms with Gasteiger partial charge < -0.3 is 4.74 Å². The summed E-state index contributed by atoms with van der Waals surface area (Å²) in [6.07, 6.45) is 0. The molecule has 3 heteroatoms. The zero-order valence-electron chi connectivity index (χ0n) is 7.16. The SMILES string of the molecule is CC(=O)O/C(=C/Cl)c1ccccc1. The molecule has 0 bridgehead atoms. The van der Waals surface area contributed by atoms with Crippen LogP contribution in [0.5, 0.6) is 0 Å². The third-order valence-corrected chi connectivity index (χ3v) is 1.61. The molecule has 68 valence electrons. The van der Waals surface area contributed by atoms with Gasteiger partial charge in [0.15, 0.2) is 0 Å². The van der Waals surface area contributed by atoms with Crippen molar-refractivity contribution in [2.75, 3.05) is 0 Å². The highest BCUT2D eigenvalue weighted by Gasteiger charge is 2.03. The van der Waals surface area contributed by atoms with Gasteiger partial charge in [0.1, 0.15) is 5.76 Å². The van der Waals surface area contributed by atoms with Crippen LogP contribution < -0.4 is 0 Å². The van der Waals surface area contributed by atoms with Gasteiger partial charge in [-0.2, -0.15) is 0 Å². The molecule has 0 atom stereocenters. The molecular weight excluding hydrogens is 188 g/mol. The van der Waals surface area contributed by atoms with E-state index in [4.69, 9.17) is 16.3 Å². The molecule has 0 spiro atoms. The van der Waals surface area contributed by atoms with Gasteiger partial charge in [-0.25, -0.2) is 0 Å². The van der Waals surface area contributed by atoms with Gasteiger partial charge in [-0.1, -0.05) is 41.9 Å². The highest BCUT2D eigenvalue weighted by Crippen LogP contribution is 2.16. The van der Waals surface area contributed by atoms with Crippen LogP contribution in [-0.4, -0.2) is 5.97 Å². The zero-order chi connectivity index (χ0) is 9.68. The van der Waals surface area contributed by atoms with E-state index in [9.17, 15) is 4.79 Å². The molecule has 0 unspecified atom stereocenters. The van der Waals surface area contributed by atoms with Crippen LogP contribution in [0.4, 0.5) is 0 Å². The Morgan fingerprint density at radius 1 is 1.38 bits per heavy atom. The minimum atomic E-state index is -0.379. The Labute approximate surface area is 81.8 Å². The second kappa shape index (κ2) is 4.67. The van der Waals surface area contributed by atoms with Crippen molar-refractivity contribution in [3.05, 3.63) is 41.4 Å². The molecule has 13 heavy (non-hydrogen) atoms. The molecule has 0 aromatic heterocycles. The van der Waals surface area contributed by atoms with Crippen molar-refractivity contribution in [1.82, 2.24) is 0 Å². The van der Waals surface area contributed by atoms with Crippen molar-refractivity contribution in [2.45, 2.75) is 6.92 Å². The first-order chi connectivity index (χ1) is 6.24. The third-order valence-electron chi connectivity index (χ3n) is 1.41. The van der Waals surface area contributed by atoms with Crippen molar-refractivity contribution >= 4 is 23.3 Å². The van der Waals surface area contributed by atoms with Crippen molar-refractivity contribution in [3.63, 3.8) is 0 Å². The van der Waals surface area contributed by atoms with Crippen LogP contribution in [0.25, 0.3) is 5.76 Å². The number of hydrogen-bond donors (Lipinski definition) is 0. The van der Waals surface area contributed by atoms with Crippen LogP contribution in [0.15, 0.2) is 35.9 Å². The molecule has 0 aliphatic rings. The summed E-state index contributed by atoms with van der Waals surface area (Å²) in [4.78, 5) is 10.7. The first kappa shape index (κ1) is 9.81. The van der Waals surface area contributed by atoms with Gasteiger partial charge in [0.2, 0.25) is 0 Å². The van der Waals surface area contributed by atoms with E-state index in [2.05, 4.69) is 0 Å². The predicted molar refractivity (Wildman–Crippen MR) is 52.0 cm³/mol. The molecule has 0 radical (unpaired) electrons. The van der Waals surface area contributed by atoms with Crippen LogP contribution in [0.1, 0.15) is 12.5 Å². The Morgan fingerprint density at radius 2 is 2.00 bits per heavy atom. The first-order valence-electron chi connectivity index (χ1n) is 3.78. The van der Waals surface area contributed by atoms with Crippen molar-refractivity contribution in [2.24, 2.45) is 0 Å².